The smallest absolute Gasteiger partial charge is 0.499 e. The zero-order chi connectivity index (χ0) is 28.9. The van der Waals surface area contributed by atoms with Crippen molar-refractivity contribution in [1.29, 1.82) is 0 Å². The van der Waals surface area contributed by atoms with Gasteiger partial charge in [0.1, 0.15) is 0 Å². The molecule has 5 heteroatoms. The zero-order valence-corrected chi connectivity index (χ0v) is 26.8. The summed E-state index contributed by atoms with van der Waals surface area (Å²) in [7, 11) is 0. The van der Waals surface area contributed by atoms with Crippen molar-refractivity contribution in [3.8, 4) is 11.3 Å². The van der Waals surface area contributed by atoms with Crippen molar-refractivity contribution in [2.45, 2.75) is 19.9 Å². The molecule has 5 aromatic carbocycles. The fraction of sp³-hybridized carbons (Fsp3) is 0.0769. The third-order valence-corrected chi connectivity index (χ3v) is 8.24. The van der Waals surface area contributed by atoms with Gasteiger partial charge in [-0.3, -0.25) is 0 Å². The van der Waals surface area contributed by atoms with E-state index in [4.69, 9.17) is 0 Å². The molecule has 1 aliphatic rings. The summed E-state index contributed by atoms with van der Waals surface area (Å²) in [6.07, 6.45) is 1.79. The van der Waals surface area contributed by atoms with Crippen LogP contribution in [0.2, 0.25) is 0 Å². The van der Waals surface area contributed by atoms with Gasteiger partial charge in [0, 0.05) is 34.0 Å². The number of hydrogen-bond donors (Lipinski definition) is 0. The van der Waals surface area contributed by atoms with Crippen molar-refractivity contribution in [3.63, 3.8) is 0 Å². The van der Waals surface area contributed by atoms with Crippen molar-refractivity contribution in [1.82, 2.24) is 9.38 Å². The fourth-order valence-corrected chi connectivity index (χ4v) is 6.29. The third-order valence-electron chi connectivity index (χ3n) is 8.24. The van der Waals surface area contributed by atoms with Crippen molar-refractivity contribution in [3.05, 3.63) is 146 Å². The van der Waals surface area contributed by atoms with Crippen molar-refractivity contribution >= 4 is 55.2 Å². The fourth-order valence-electron chi connectivity index (χ4n) is 6.29. The minimum absolute atomic E-state index is 0. The molecular formula is C39H29IrN4. The molecule has 0 N–H and O–H groups in total. The Hall–Kier alpha value is -4.70. The number of pyridine rings is 1. The van der Waals surface area contributed by atoms with E-state index in [-0.39, 0.29) is 20.1 Å². The van der Waals surface area contributed by atoms with Crippen molar-refractivity contribution in [2.75, 3.05) is 9.80 Å². The van der Waals surface area contributed by atoms with Gasteiger partial charge in [0.15, 0.2) is 0 Å². The number of hydrogen-bond acceptors (Lipinski definition) is 3. The molecule has 0 amide bonds. The molecule has 3 aromatic heterocycles. The first-order valence-electron chi connectivity index (χ1n) is 14.7. The van der Waals surface area contributed by atoms with Gasteiger partial charge in [-0.15, -0.1) is 59.5 Å². The molecule has 0 fully saturated rings. The maximum Gasteiger partial charge on any atom is 3.00 e. The second-order valence-corrected chi connectivity index (χ2v) is 11.1. The number of rotatable bonds is 3. The summed E-state index contributed by atoms with van der Waals surface area (Å²) in [4.78, 5) is 8.81. The minimum atomic E-state index is 0. The van der Waals surface area contributed by atoms with Gasteiger partial charge in [-0.25, -0.2) is 0 Å². The molecule has 44 heavy (non-hydrogen) atoms. The van der Waals surface area contributed by atoms with E-state index in [9.17, 15) is 0 Å². The van der Waals surface area contributed by atoms with E-state index >= 15 is 0 Å². The summed E-state index contributed by atoms with van der Waals surface area (Å²) in [5.41, 5.74) is 9.29. The molecule has 1 aliphatic heterocycles. The topological polar surface area (TPSA) is 23.8 Å². The predicted octanol–water partition coefficient (Wildman–Crippen LogP) is 9.67. The first-order chi connectivity index (χ1) is 21.2. The van der Waals surface area contributed by atoms with Crippen LogP contribution < -0.4 is 9.80 Å². The van der Waals surface area contributed by atoms with E-state index in [0.29, 0.717) is 6.04 Å². The van der Waals surface area contributed by atoms with Crippen LogP contribution >= 0.6 is 0 Å². The average molecular weight is 746 g/mol. The van der Waals surface area contributed by atoms with E-state index in [2.05, 4.69) is 131 Å². The van der Waals surface area contributed by atoms with Crippen molar-refractivity contribution in [2.24, 2.45) is 0 Å². The average Bonchev–Trinajstić information content (AvgIpc) is 3.73. The van der Waals surface area contributed by atoms with Crippen LogP contribution in [0.25, 0.3) is 49.4 Å². The summed E-state index contributed by atoms with van der Waals surface area (Å²) in [6, 6.07) is 49.3. The van der Waals surface area contributed by atoms with Gasteiger partial charge in [-0.1, -0.05) is 71.7 Å². The Kier molecular flexibility index (Phi) is 7.29. The Morgan fingerprint density at radius 3 is 2.23 bits per heavy atom. The van der Waals surface area contributed by atoms with E-state index in [1.54, 1.807) is 6.20 Å². The number of nitrogens with zero attached hydrogens (tertiary/aromatic N) is 4. The van der Waals surface area contributed by atoms with Crippen LogP contribution in [0.1, 0.15) is 13.8 Å². The number of para-hydroxylation sites is 4. The van der Waals surface area contributed by atoms with Crippen LogP contribution in [0.4, 0.5) is 17.1 Å². The molecule has 0 bridgehead atoms. The molecule has 0 saturated carbocycles. The monoisotopic (exact) mass is 746 g/mol. The molecule has 0 aliphatic carbocycles. The molecule has 214 valence electrons. The van der Waals surface area contributed by atoms with Gasteiger partial charge in [-0.2, -0.15) is 6.67 Å². The largest absolute Gasteiger partial charge is 3.00 e. The van der Waals surface area contributed by atoms with Gasteiger partial charge in [0.2, 0.25) is 0 Å². The Morgan fingerprint density at radius 2 is 1.43 bits per heavy atom. The second-order valence-electron chi connectivity index (χ2n) is 11.1. The van der Waals surface area contributed by atoms with E-state index < -0.39 is 0 Å². The Bertz CT molecular complexity index is 2170. The summed E-state index contributed by atoms with van der Waals surface area (Å²) in [6.45, 7) is 6.66. The molecular weight excluding hydrogens is 717 g/mol. The van der Waals surface area contributed by atoms with E-state index in [1.807, 2.05) is 42.5 Å². The number of benzene rings is 5. The molecule has 0 spiro atoms. The minimum Gasteiger partial charge on any atom is -0.499 e. The van der Waals surface area contributed by atoms with Gasteiger partial charge in [-0.05, 0) is 60.8 Å². The zero-order valence-electron chi connectivity index (χ0n) is 24.4. The van der Waals surface area contributed by atoms with Gasteiger partial charge >= 0.3 is 20.1 Å². The van der Waals surface area contributed by atoms with Gasteiger partial charge < -0.3 is 19.2 Å². The summed E-state index contributed by atoms with van der Waals surface area (Å²) in [5, 5.41) is 5.06. The third kappa shape index (κ3) is 4.52. The Labute approximate surface area is 270 Å². The number of fused-ring (bicyclic) bond motifs is 7. The van der Waals surface area contributed by atoms with Crippen LogP contribution in [-0.2, 0) is 20.1 Å². The maximum atomic E-state index is 4.22. The summed E-state index contributed by atoms with van der Waals surface area (Å²) < 4.78 is 2.40. The van der Waals surface area contributed by atoms with Crippen LogP contribution in [-0.4, -0.2) is 15.4 Å². The molecule has 4 heterocycles. The SMILES string of the molecule is CC(C)N1[CH-]N(c2[c-]c3c4cccc5c6ccccc6n(c3cc2)c45)c2ccccc21.[Ir+3].[c-]1ccccc1-c1ccccn1. The second kappa shape index (κ2) is 11.4. The molecule has 8 aromatic rings. The molecule has 9 rings (SSSR count). The molecule has 0 radical (unpaired) electrons. The van der Waals surface area contributed by atoms with Crippen LogP contribution in [0.5, 0.6) is 0 Å². The quantitative estimate of drug-likeness (QED) is 0.169. The van der Waals surface area contributed by atoms with E-state index in [0.717, 1.165) is 16.9 Å². The first kappa shape index (κ1) is 28.1. The van der Waals surface area contributed by atoms with Gasteiger partial charge in [0.25, 0.3) is 0 Å². The van der Waals surface area contributed by atoms with Crippen LogP contribution in [0.3, 0.4) is 0 Å². The maximum absolute atomic E-state index is 4.22. The van der Waals surface area contributed by atoms with Crippen LogP contribution in [0.15, 0.2) is 128 Å². The first-order valence-corrected chi connectivity index (χ1v) is 14.7. The van der Waals surface area contributed by atoms with E-state index in [1.165, 1.54) is 49.5 Å². The normalized spacial score (nSPS) is 12.6. The molecule has 0 saturated heterocycles. The molecule has 0 atom stereocenters. The summed E-state index contributed by atoms with van der Waals surface area (Å²) in [5.74, 6) is 0. The Morgan fingerprint density at radius 1 is 0.682 bits per heavy atom. The molecule has 0 unspecified atom stereocenters. The predicted molar refractivity (Wildman–Crippen MR) is 179 cm³/mol. The summed E-state index contributed by atoms with van der Waals surface area (Å²) >= 11 is 0. The van der Waals surface area contributed by atoms with Crippen LogP contribution in [0, 0.1) is 18.8 Å². The standard InChI is InChI=1S/C28H21N3.C11H8N.Ir/c1-18(2)29-17-30(27-13-6-5-12-26(27)29)19-14-15-25-23(16-19)22-10-7-9-21-20-8-3-4-11-24(20)31(25)28(21)22;1-2-6-10(7-3-1)11-8-4-5-9-12-11;/h3-15,17-18H,1-2H3;1-6,8-9H;/q-2;-1;+3. The Balaban J connectivity index is 0.000000203. The number of aromatic nitrogens is 2. The van der Waals surface area contributed by atoms with Gasteiger partial charge in [0.05, 0.1) is 0 Å². The molecule has 4 nitrogen and oxygen atoms in total. The van der Waals surface area contributed by atoms with Crippen molar-refractivity contribution < 1.29 is 20.1 Å². The number of anilines is 3.